The fraction of sp³-hybridized carbons (Fsp3) is 0.400. The molecule has 2 amide bonds. The number of carbonyl (C=O) groups is 2. The molecule has 1 aromatic carbocycles. The van der Waals surface area contributed by atoms with Gasteiger partial charge in [0, 0.05) is 39.3 Å². The Balaban J connectivity index is 1.39. The van der Waals surface area contributed by atoms with Crippen molar-refractivity contribution in [3.63, 3.8) is 0 Å². The van der Waals surface area contributed by atoms with E-state index in [1.807, 2.05) is 11.0 Å². The molecule has 2 aliphatic rings. The first kappa shape index (κ1) is 19.9. The van der Waals surface area contributed by atoms with Crippen LogP contribution in [-0.4, -0.2) is 67.3 Å². The third-order valence-electron chi connectivity index (χ3n) is 5.21. The topological polar surface area (TPSA) is 90.9 Å². The van der Waals surface area contributed by atoms with E-state index >= 15 is 0 Å². The molecule has 0 saturated carbocycles. The lowest BCUT2D eigenvalue weighted by atomic mass is 10.2. The number of aromatic nitrogens is 2. The van der Waals surface area contributed by atoms with E-state index in [9.17, 15) is 14.0 Å². The smallest absolute Gasteiger partial charge is 0.414 e. The van der Waals surface area contributed by atoms with Gasteiger partial charge in [0.15, 0.2) is 0 Å². The summed E-state index contributed by atoms with van der Waals surface area (Å²) < 4.78 is 20.1. The van der Waals surface area contributed by atoms with Gasteiger partial charge in [-0.1, -0.05) is 0 Å². The van der Waals surface area contributed by atoms with Gasteiger partial charge in [0.05, 0.1) is 24.5 Å². The zero-order chi connectivity index (χ0) is 21.1. The maximum absolute atomic E-state index is 14.9. The van der Waals surface area contributed by atoms with Gasteiger partial charge in [-0.3, -0.25) is 9.69 Å². The molecule has 2 aliphatic heterocycles. The summed E-state index contributed by atoms with van der Waals surface area (Å²) >= 11 is 0. The summed E-state index contributed by atoms with van der Waals surface area (Å²) in [6, 6.07) is 6.63. The van der Waals surface area contributed by atoms with E-state index in [2.05, 4.69) is 20.2 Å². The Morgan fingerprint density at radius 1 is 1.23 bits per heavy atom. The van der Waals surface area contributed by atoms with Crippen molar-refractivity contribution in [1.29, 1.82) is 0 Å². The van der Waals surface area contributed by atoms with Crippen LogP contribution in [0.25, 0.3) is 0 Å². The van der Waals surface area contributed by atoms with Crippen molar-refractivity contribution in [2.24, 2.45) is 0 Å². The summed E-state index contributed by atoms with van der Waals surface area (Å²) in [7, 11) is 0. The summed E-state index contributed by atoms with van der Waals surface area (Å²) in [5, 5.41) is 2.62. The Morgan fingerprint density at radius 2 is 2.00 bits per heavy atom. The van der Waals surface area contributed by atoms with Gasteiger partial charge in [-0.25, -0.2) is 19.2 Å². The molecule has 2 aromatic rings. The van der Waals surface area contributed by atoms with Gasteiger partial charge in [-0.15, -0.1) is 0 Å². The van der Waals surface area contributed by atoms with Gasteiger partial charge in [0.1, 0.15) is 24.1 Å². The van der Waals surface area contributed by atoms with Crippen LogP contribution in [0.3, 0.4) is 0 Å². The summed E-state index contributed by atoms with van der Waals surface area (Å²) in [5.41, 5.74) is 0.939. The monoisotopic (exact) mass is 414 g/mol. The van der Waals surface area contributed by atoms with E-state index in [1.165, 1.54) is 24.2 Å². The van der Waals surface area contributed by atoms with Gasteiger partial charge in [0.2, 0.25) is 5.91 Å². The number of amides is 2. The van der Waals surface area contributed by atoms with E-state index < -0.39 is 12.2 Å². The van der Waals surface area contributed by atoms with Crippen LogP contribution in [0.5, 0.6) is 0 Å². The minimum absolute atomic E-state index is 0.195. The average Bonchev–Trinajstić information content (AvgIpc) is 3.13. The van der Waals surface area contributed by atoms with Crippen LogP contribution in [0.1, 0.15) is 6.92 Å². The second kappa shape index (κ2) is 8.52. The first-order valence-electron chi connectivity index (χ1n) is 9.79. The van der Waals surface area contributed by atoms with Crippen molar-refractivity contribution in [3.8, 4) is 0 Å². The van der Waals surface area contributed by atoms with Crippen LogP contribution in [0.2, 0.25) is 0 Å². The molecular formula is C20H23FN6O3. The quantitative estimate of drug-likeness (QED) is 0.791. The first-order valence-corrected chi connectivity index (χ1v) is 9.79. The molecule has 2 fully saturated rings. The molecule has 1 aromatic heterocycles. The number of piperazine rings is 1. The summed E-state index contributed by atoms with van der Waals surface area (Å²) in [5.74, 6) is 0.280. The van der Waals surface area contributed by atoms with Crippen molar-refractivity contribution in [3.05, 3.63) is 42.6 Å². The predicted octanol–water partition coefficient (Wildman–Crippen LogP) is 1.40. The summed E-state index contributed by atoms with van der Waals surface area (Å²) in [6.45, 7) is 4.65. The second-order valence-corrected chi connectivity index (χ2v) is 7.23. The highest BCUT2D eigenvalue weighted by atomic mass is 19.1. The number of benzene rings is 1. The number of nitrogens with zero attached hydrogens (tertiary/aromatic N) is 5. The number of nitrogens with one attached hydrogen (secondary N) is 1. The van der Waals surface area contributed by atoms with E-state index in [4.69, 9.17) is 4.74 Å². The molecule has 158 valence electrons. The SMILES string of the molecule is CC(=O)NC[C@H]1CN(c2ccc(N3CCN(c4ccncn4)CC3)c(F)c2)C(=O)O1. The molecule has 1 atom stereocenters. The van der Waals surface area contributed by atoms with Crippen LogP contribution in [-0.2, 0) is 9.53 Å². The largest absolute Gasteiger partial charge is 0.442 e. The minimum atomic E-state index is -0.545. The third-order valence-corrected chi connectivity index (χ3v) is 5.21. The van der Waals surface area contributed by atoms with Gasteiger partial charge in [-0.05, 0) is 24.3 Å². The Bertz CT molecular complexity index is 920. The molecule has 0 spiro atoms. The van der Waals surface area contributed by atoms with Crippen molar-refractivity contribution in [2.75, 3.05) is 54.0 Å². The number of cyclic esters (lactones) is 1. The number of halogens is 1. The molecule has 0 radical (unpaired) electrons. The van der Waals surface area contributed by atoms with E-state index in [0.717, 1.165) is 18.9 Å². The average molecular weight is 414 g/mol. The maximum atomic E-state index is 14.9. The number of ether oxygens (including phenoxy) is 1. The van der Waals surface area contributed by atoms with Crippen LogP contribution < -0.4 is 20.0 Å². The molecule has 3 heterocycles. The molecule has 4 rings (SSSR count). The van der Waals surface area contributed by atoms with Crippen molar-refractivity contribution >= 4 is 29.2 Å². The highest BCUT2D eigenvalue weighted by molar-refractivity contribution is 5.90. The van der Waals surface area contributed by atoms with Gasteiger partial charge >= 0.3 is 6.09 Å². The number of rotatable bonds is 5. The number of anilines is 3. The van der Waals surface area contributed by atoms with Gasteiger partial charge < -0.3 is 19.9 Å². The van der Waals surface area contributed by atoms with E-state index in [1.54, 1.807) is 18.3 Å². The molecule has 9 nitrogen and oxygen atoms in total. The Kier molecular flexibility index (Phi) is 5.64. The zero-order valence-corrected chi connectivity index (χ0v) is 16.6. The molecule has 2 saturated heterocycles. The predicted molar refractivity (Wildman–Crippen MR) is 109 cm³/mol. The summed E-state index contributed by atoms with van der Waals surface area (Å²) in [6.07, 6.45) is 2.22. The minimum Gasteiger partial charge on any atom is -0.442 e. The Morgan fingerprint density at radius 3 is 2.67 bits per heavy atom. The lowest BCUT2D eigenvalue weighted by Crippen LogP contribution is -2.47. The molecule has 30 heavy (non-hydrogen) atoms. The number of hydrogen-bond acceptors (Lipinski definition) is 7. The van der Waals surface area contributed by atoms with Crippen LogP contribution >= 0.6 is 0 Å². The van der Waals surface area contributed by atoms with E-state index in [-0.39, 0.29) is 24.8 Å². The van der Waals surface area contributed by atoms with Crippen molar-refractivity contribution in [2.45, 2.75) is 13.0 Å². The molecule has 10 heteroatoms. The highest BCUT2D eigenvalue weighted by Gasteiger charge is 2.33. The molecule has 0 bridgehead atoms. The first-order chi connectivity index (χ1) is 14.5. The molecule has 0 aliphatic carbocycles. The Hall–Kier alpha value is -3.43. The maximum Gasteiger partial charge on any atom is 0.414 e. The van der Waals surface area contributed by atoms with E-state index in [0.29, 0.717) is 24.5 Å². The van der Waals surface area contributed by atoms with Crippen molar-refractivity contribution in [1.82, 2.24) is 15.3 Å². The zero-order valence-electron chi connectivity index (χ0n) is 16.6. The van der Waals surface area contributed by atoms with Crippen molar-refractivity contribution < 1.29 is 18.7 Å². The molecule has 0 unspecified atom stereocenters. The lowest BCUT2D eigenvalue weighted by Gasteiger charge is -2.36. The number of hydrogen-bond donors (Lipinski definition) is 1. The molecule has 1 N–H and O–H groups in total. The lowest BCUT2D eigenvalue weighted by molar-refractivity contribution is -0.119. The Labute approximate surface area is 173 Å². The summed E-state index contributed by atoms with van der Waals surface area (Å²) in [4.78, 5) is 36.9. The van der Waals surface area contributed by atoms with Gasteiger partial charge in [-0.2, -0.15) is 0 Å². The standard InChI is InChI=1S/C20H23FN6O3/c1-14(28)23-11-16-12-27(20(29)30-16)15-2-3-18(17(21)10-15)25-6-8-26(9-7-25)19-4-5-22-13-24-19/h2-5,10,13,16H,6-9,11-12H2,1H3,(H,23,28)/t16-/m0/s1. The fourth-order valence-corrected chi connectivity index (χ4v) is 3.66. The number of carbonyl (C=O) groups excluding carboxylic acids is 2. The fourth-order valence-electron chi connectivity index (χ4n) is 3.66. The normalized spacial score (nSPS) is 19.1. The van der Waals surface area contributed by atoms with Crippen LogP contribution in [0.15, 0.2) is 36.8 Å². The second-order valence-electron chi connectivity index (χ2n) is 7.23. The van der Waals surface area contributed by atoms with Gasteiger partial charge in [0.25, 0.3) is 0 Å². The van der Waals surface area contributed by atoms with Crippen LogP contribution in [0.4, 0.5) is 26.4 Å². The highest BCUT2D eigenvalue weighted by Crippen LogP contribution is 2.29. The third kappa shape index (κ3) is 4.27. The molecular weight excluding hydrogens is 391 g/mol. The van der Waals surface area contributed by atoms with Crippen LogP contribution in [0, 0.1) is 5.82 Å².